The minimum atomic E-state index is -0.0284. The Bertz CT molecular complexity index is 868. The van der Waals surface area contributed by atoms with Gasteiger partial charge in [-0.3, -0.25) is 4.79 Å². The fourth-order valence-corrected chi connectivity index (χ4v) is 5.05. The molecule has 5 heteroatoms. The van der Waals surface area contributed by atoms with E-state index in [2.05, 4.69) is 36.9 Å². The monoisotopic (exact) mass is 402 g/mol. The molecule has 0 radical (unpaired) electrons. The Labute approximate surface area is 170 Å². The van der Waals surface area contributed by atoms with Crippen molar-refractivity contribution in [3.05, 3.63) is 63.1 Å². The Morgan fingerprint density at radius 1 is 1.07 bits per heavy atom. The molecule has 0 N–H and O–H groups in total. The fourth-order valence-electron chi connectivity index (χ4n) is 4.52. The summed E-state index contributed by atoms with van der Waals surface area (Å²) in [5, 5.41) is 0.972. The molecule has 27 heavy (non-hydrogen) atoms. The quantitative estimate of drug-likeness (QED) is 0.678. The number of hydrogen-bond acceptors (Lipinski definition) is 2. The van der Waals surface area contributed by atoms with E-state index in [0.717, 1.165) is 44.7 Å². The van der Waals surface area contributed by atoms with Crippen LogP contribution in [0.1, 0.15) is 41.3 Å². The van der Waals surface area contributed by atoms with Gasteiger partial charge < -0.3 is 9.80 Å². The molecule has 0 bridgehead atoms. The smallest absolute Gasteiger partial charge is 0.258 e. The predicted octanol–water partition coefficient (Wildman–Crippen LogP) is 5.32. The third kappa shape index (κ3) is 3.37. The van der Waals surface area contributed by atoms with Gasteiger partial charge in [-0.1, -0.05) is 47.8 Å². The van der Waals surface area contributed by atoms with E-state index in [4.69, 9.17) is 23.2 Å². The second kappa shape index (κ2) is 7.12. The van der Waals surface area contributed by atoms with Crippen LogP contribution < -0.4 is 4.90 Å². The maximum atomic E-state index is 13.3. The lowest BCUT2D eigenvalue weighted by molar-refractivity contribution is 0.0977. The van der Waals surface area contributed by atoms with Gasteiger partial charge in [0.1, 0.15) is 0 Å². The van der Waals surface area contributed by atoms with Crippen LogP contribution >= 0.6 is 23.2 Å². The summed E-state index contributed by atoms with van der Waals surface area (Å²) in [5.74, 6) is -0.0284. The van der Waals surface area contributed by atoms with Gasteiger partial charge in [0, 0.05) is 33.3 Å². The summed E-state index contributed by atoms with van der Waals surface area (Å²) in [4.78, 5) is 17.8. The topological polar surface area (TPSA) is 23.6 Å². The third-order valence-electron chi connectivity index (χ3n) is 6.09. The summed E-state index contributed by atoms with van der Waals surface area (Å²) < 4.78 is 0. The number of fused-ring (bicyclic) bond motifs is 2. The van der Waals surface area contributed by atoms with E-state index >= 15 is 0 Å². The lowest BCUT2D eigenvalue weighted by Crippen LogP contribution is -2.46. The van der Waals surface area contributed by atoms with E-state index in [1.165, 1.54) is 11.1 Å². The first-order valence-corrected chi connectivity index (χ1v) is 10.3. The first-order chi connectivity index (χ1) is 12.9. The Hall–Kier alpha value is -1.55. The van der Waals surface area contributed by atoms with Crippen LogP contribution in [0.25, 0.3) is 0 Å². The molecule has 2 aliphatic rings. The number of nitrogens with zero attached hydrogens (tertiary/aromatic N) is 2. The third-order valence-corrected chi connectivity index (χ3v) is 6.53. The molecule has 2 aromatic carbocycles. The second-order valence-corrected chi connectivity index (χ2v) is 8.66. The molecule has 0 aliphatic carbocycles. The van der Waals surface area contributed by atoms with Crippen molar-refractivity contribution < 1.29 is 4.79 Å². The highest BCUT2D eigenvalue weighted by molar-refractivity contribution is 6.35. The molecule has 2 aliphatic heterocycles. The van der Waals surface area contributed by atoms with Crippen molar-refractivity contribution in [2.24, 2.45) is 0 Å². The number of amides is 1. The van der Waals surface area contributed by atoms with Gasteiger partial charge in [-0.15, -0.1) is 0 Å². The van der Waals surface area contributed by atoms with Gasteiger partial charge in [0.2, 0.25) is 0 Å². The lowest BCUT2D eigenvalue weighted by atomic mass is 9.74. The highest BCUT2D eigenvalue weighted by atomic mass is 35.5. The van der Waals surface area contributed by atoms with Crippen molar-refractivity contribution >= 4 is 34.8 Å². The number of rotatable bonds is 2. The molecule has 0 aromatic heterocycles. The van der Waals surface area contributed by atoms with Gasteiger partial charge in [-0.05, 0) is 69.2 Å². The molecule has 1 amide bonds. The Morgan fingerprint density at radius 2 is 1.74 bits per heavy atom. The lowest BCUT2D eigenvalue weighted by Gasteiger charge is -2.39. The SMILES string of the molecule is CCN1CCC2(CC1)CN(C(=O)c1cc(Cl)cc(Cl)c1)c1ccc(C)cc12. The highest BCUT2D eigenvalue weighted by Gasteiger charge is 2.46. The molecule has 1 fully saturated rings. The molecule has 0 unspecified atom stereocenters. The van der Waals surface area contributed by atoms with Crippen LogP contribution in [0.15, 0.2) is 36.4 Å². The van der Waals surface area contributed by atoms with E-state index in [9.17, 15) is 4.79 Å². The number of carbonyl (C=O) groups excluding carboxylic acids is 1. The van der Waals surface area contributed by atoms with Gasteiger partial charge >= 0.3 is 0 Å². The van der Waals surface area contributed by atoms with E-state index in [1.807, 2.05) is 4.90 Å². The van der Waals surface area contributed by atoms with E-state index in [-0.39, 0.29) is 11.3 Å². The van der Waals surface area contributed by atoms with E-state index < -0.39 is 0 Å². The van der Waals surface area contributed by atoms with Crippen molar-refractivity contribution in [2.45, 2.75) is 32.1 Å². The molecule has 0 saturated carbocycles. The molecule has 1 saturated heterocycles. The van der Waals surface area contributed by atoms with Crippen LogP contribution in [0, 0.1) is 6.92 Å². The van der Waals surface area contributed by atoms with E-state index in [1.54, 1.807) is 18.2 Å². The molecule has 1 spiro atoms. The zero-order valence-electron chi connectivity index (χ0n) is 15.8. The molecule has 2 aromatic rings. The number of anilines is 1. The van der Waals surface area contributed by atoms with Crippen LogP contribution in [0.5, 0.6) is 0 Å². The summed E-state index contributed by atoms with van der Waals surface area (Å²) in [7, 11) is 0. The first kappa shape index (κ1) is 18.8. The summed E-state index contributed by atoms with van der Waals surface area (Å²) in [6, 6.07) is 11.5. The highest BCUT2D eigenvalue weighted by Crippen LogP contribution is 2.47. The number of piperidine rings is 1. The summed E-state index contributed by atoms with van der Waals surface area (Å²) in [6.07, 6.45) is 2.16. The van der Waals surface area contributed by atoms with Gasteiger partial charge in [-0.25, -0.2) is 0 Å². The average Bonchev–Trinajstić information content (AvgIpc) is 2.94. The van der Waals surface area contributed by atoms with Gasteiger partial charge in [0.25, 0.3) is 5.91 Å². The number of carbonyl (C=O) groups is 1. The minimum Gasteiger partial charge on any atom is -0.307 e. The molecule has 4 rings (SSSR count). The van der Waals surface area contributed by atoms with Crippen LogP contribution in [-0.4, -0.2) is 37.0 Å². The zero-order valence-corrected chi connectivity index (χ0v) is 17.3. The van der Waals surface area contributed by atoms with Crippen LogP contribution in [-0.2, 0) is 5.41 Å². The number of aryl methyl sites for hydroxylation is 1. The summed E-state index contributed by atoms with van der Waals surface area (Å²) in [6.45, 7) is 8.30. The molecule has 0 atom stereocenters. The van der Waals surface area contributed by atoms with Crippen molar-refractivity contribution in [3.63, 3.8) is 0 Å². The maximum Gasteiger partial charge on any atom is 0.258 e. The molecule has 3 nitrogen and oxygen atoms in total. The Morgan fingerprint density at radius 3 is 2.37 bits per heavy atom. The predicted molar refractivity (Wildman–Crippen MR) is 112 cm³/mol. The standard InChI is InChI=1S/C22H24Cl2N2O/c1-3-25-8-6-22(7-9-25)14-26(20-5-4-15(2)10-19(20)22)21(27)16-11-17(23)13-18(24)12-16/h4-5,10-13H,3,6-9,14H2,1-2H3. The number of benzene rings is 2. The van der Waals surface area contributed by atoms with Gasteiger partial charge in [0.15, 0.2) is 0 Å². The maximum absolute atomic E-state index is 13.3. The number of halogens is 2. The van der Waals surface area contributed by atoms with E-state index in [0.29, 0.717) is 15.6 Å². The summed E-state index contributed by atoms with van der Waals surface area (Å²) >= 11 is 12.3. The van der Waals surface area contributed by atoms with Gasteiger partial charge in [0.05, 0.1) is 0 Å². The van der Waals surface area contributed by atoms with Crippen molar-refractivity contribution in [2.75, 3.05) is 31.1 Å². The van der Waals surface area contributed by atoms with Crippen molar-refractivity contribution in [3.8, 4) is 0 Å². The molecule has 2 heterocycles. The number of likely N-dealkylation sites (tertiary alicyclic amines) is 1. The van der Waals surface area contributed by atoms with Crippen molar-refractivity contribution in [1.29, 1.82) is 0 Å². The molecular formula is C22H24Cl2N2O. The van der Waals surface area contributed by atoms with Gasteiger partial charge in [-0.2, -0.15) is 0 Å². The average molecular weight is 403 g/mol. The van der Waals surface area contributed by atoms with Crippen LogP contribution in [0.3, 0.4) is 0 Å². The summed E-state index contributed by atoms with van der Waals surface area (Å²) in [5.41, 5.74) is 4.19. The largest absolute Gasteiger partial charge is 0.307 e. The zero-order chi connectivity index (χ0) is 19.2. The number of hydrogen-bond donors (Lipinski definition) is 0. The minimum absolute atomic E-state index is 0.0284. The first-order valence-electron chi connectivity index (χ1n) is 9.53. The van der Waals surface area contributed by atoms with Crippen LogP contribution in [0.2, 0.25) is 10.0 Å². The normalized spacial score (nSPS) is 18.7. The van der Waals surface area contributed by atoms with Crippen molar-refractivity contribution in [1.82, 2.24) is 4.90 Å². The Kier molecular flexibility index (Phi) is 4.96. The molecule has 142 valence electrons. The molecular weight excluding hydrogens is 379 g/mol. The second-order valence-electron chi connectivity index (χ2n) is 7.78. The van der Waals surface area contributed by atoms with Crippen LogP contribution in [0.4, 0.5) is 5.69 Å². The Balaban J connectivity index is 1.72. The fraction of sp³-hybridized carbons (Fsp3) is 0.409.